The van der Waals surface area contributed by atoms with Crippen LogP contribution in [0.2, 0.25) is 0 Å². The molecule has 20 heavy (non-hydrogen) atoms. The van der Waals surface area contributed by atoms with Gasteiger partial charge in [-0.1, -0.05) is 19.1 Å². The monoisotopic (exact) mass is 314 g/mol. The van der Waals surface area contributed by atoms with E-state index in [0.29, 0.717) is 23.2 Å². The van der Waals surface area contributed by atoms with Crippen LogP contribution in [0.1, 0.15) is 18.9 Å². The molecule has 1 saturated heterocycles. The van der Waals surface area contributed by atoms with Crippen molar-refractivity contribution >= 4 is 21.8 Å². The van der Waals surface area contributed by atoms with Crippen LogP contribution in [0.15, 0.2) is 29.2 Å². The SMILES string of the molecule is CCC1CN(S(=O)(=O)c2ccc(CNC)cc2)CCS1. The van der Waals surface area contributed by atoms with Crippen molar-refractivity contribution in [1.82, 2.24) is 9.62 Å². The summed E-state index contributed by atoms with van der Waals surface area (Å²) in [7, 11) is -1.46. The molecule has 4 nitrogen and oxygen atoms in total. The first-order valence-electron chi connectivity index (χ1n) is 6.93. The van der Waals surface area contributed by atoms with E-state index in [1.54, 1.807) is 16.4 Å². The Bertz CT molecular complexity index is 529. The zero-order valence-corrected chi connectivity index (χ0v) is 13.6. The number of sulfonamides is 1. The first-order valence-corrected chi connectivity index (χ1v) is 9.42. The molecule has 0 amide bonds. The Hall–Kier alpha value is -0.560. The maximum Gasteiger partial charge on any atom is 0.243 e. The van der Waals surface area contributed by atoms with Gasteiger partial charge in [0.15, 0.2) is 0 Å². The number of benzene rings is 1. The minimum Gasteiger partial charge on any atom is -0.316 e. The van der Waals surface area contributed by atoms with Crippen molar-refractivity contribution in [3.8, 4) is 0 Å². The fraction of sp³-hybridized carbons (Fsp3) is 0.571. The lowest BCUT2D eigenvalue weighted by Crippen LogP contribution is -2.41. The molecule has 0 spiro atoms. The van der Waals surface area contributed by atoms with Gasteiger partial charge in [-0.15, -0.1) is 0 Å². The minimum atomic E-state index is -3.34. The fourth-order valence-corrected chi connectivity index (χ4v) is 5.17. The molecule has 0 bridgehead atoms. The van der Waals surface area contributed by atoms with E-state index in [-0.39, 0.29) is 0 Å². The average molecular weight is 314 g/mol. The first-order chi connectivity index (χ1) is 9.57. The van der Waals surface area contributed by atoms with Gasteiger partial charge in [-0.2, -0.15) is 16.1 Å². The molecule has 1 fully saturated rings. The van der Waals surface area contributed by atoms with Gasteiger partial charge in [0.2, 0.25) is 10.0 Å². The van der Waals surface area contributed by atoms with Crippen molar-refractivity contribution in [2.45, 2.75) is 30.0 Å². The Morgan fingerprint density at radius 3 is 2.65 bits per heavy atom. The van der Waals surface area contributed by atoms with E-state index in [2.05, 4.69) is 12.2 Å². The summed E-state index contributed by atoms with van der Waals surface area (Å²) in [6.07, 6.45) is 1.01. The lowest BCUT2D eigenvalue weighted by atomic mass is 10.2. The molecule has 1 atom stereocenters. The second kappa shape index (κ2) is 6.93. The lowest BCUT2D eigenvalue weighted by Gasteiger charge is -2.31. The molecule has 1 aromatic carbocycles. The predicted molar refractivity (Wildman–Crippen MR) is 84.5 cm³/mol. The predicted octanol–water partition coefficient (Wildman–Crippen LogP) is 1.92. The highest BCUT2D eigenvalue weighted by Crippen LogP contribution is 2.26. The van der Waals surface area contributed by atoms with Gasteiger partial charge in [-0.05, 0) is 31.2 Å². The summed E-state index contributed by atoms with van der Waals surface area (Å²) >= 11 is 1.87. The van der Waals surface area contributed by atoms with Crippen LogP contribution in [0, 0.1) is 0 Å². The van der Waals surface area contributed by atoms with Crippen LogP contribution in [-0.4, -0.2) is 43.9 Å². The van der Waals surface area contributed by atoms with Crippen LogP contribution in [0.25, 0.3) is 0 Å². The molecule has 1 aliphatic rings. The van der Waals surface area contributed by atoms with Crippen molar-refractivity contribution in [2.24, 2.45) is 0 Å². The number of rotatable bonds is 5. The quantitative estimate of drug-likeness (QED) is 0.902. The van der Waals surface area contributed by atoms with E-state index in [1.807, 2.05) is 30.9 Å². The third-order valence-electron chi connectivity index (χ3n) is 3.50. The lowest BCUT2D eigenvalue weighted by molar-refractivity contribution is 0.416. The molecule has 1 unspecified atom stereocenters. The fourth-order valence-electron chi connectivity index (χ4n) is 2.29. The Morgan fingerprint density at radius 1 is 1.35 bits per heavy atom. The van der Waals surface area contributed by atoms with Crippen molar-refractivity contribution in [2.75, 3.05) is 25.9 Å². The molecular formula is C14H22N2O2S2. The summed E-state index contributed by atoms with van der Waals surface area (Å²) in [5, 5.41) is 3.47. The number of hydrogen-bond acceptors (Lipinski definition) is 4. The van der Waals surface area contributed by atoms with Gasteiger partial charge in [-0.25, -0.2) is 8.42 Å². The standard InChI is InChI=1S/C14H22N2O2S2/c1-3-13-11-16(8-9-19-13)20(17,18)14-6-4-12(5-7-14)10-15-2/h4-7,13,15H,3,8-11H2,1-2H3. The molecule has 6 heteroatoms. The summed E-state index contributed by atoms with van der Waals surface area (Å²) < 4.78 is 26.9. The third-order valence-corrected chi connectivity index (χ3v) is 6.75. The summed E-state index contributed by atoms with van der Waals surface area (Å²) in [4.78, 5) is 0.402. The molecule has 1 heterocycles. The molecule has 1 aromatic rings. The summed E-state index contributed by atoms with van der Waals surface area (Å²) in [5.41, 5.74) is 1.09. The van der Waals surface area contributed by atoms with Gasteiger partial charge < -0.3 is 5.32 Å². The van der Waals surface area contributed by atoms with Gasteiger partial charge in [0.05, 0.1) is 4.90 Å². The highest BCUT2D eigenvalue weighted by Gasteiger charge is 2.29. The van der Waals surface area contributed by atoms with Gasteiger partial charge >= 0.3 is 0 Å². The maximum atomic E-state index is 12.6. The van der Waals surface area contributed by atoms with Crippen molar-refractivity contribution in [3.05, 3.63) is 29.8 Å². The van der Waals surface area contributed by atoms with Gasteiger partial charge in [0.25, 0.3) is 0 Å². The van der Waals surface area contributed by atoms with E-state index in [9.17, 15) is 8.42 Å². The van der Waals surface area contributed by atoms with Crippen LogP contribution in [0.5, 0.6) is 0 Å². The Labute approximate surface area is 126 Å². The maximum absolute atomic E-state index is 12.6. The van der Waals surface area contributed by atoms with Crippen LogP contribution in [-0.2, 0) is 16.6 Å². The van der Waals surface area contributed by atoms with E-state index < -0.39 is 10.0 Å². The average Bonchev–Trinajstić information content (AvgIpc) is 2.48. The summed E-state index contributed by atoms with van der Waals surface area (Å²) in [6.45, 7) is 4.10. The zero-order valence-electron chi connectivity index (χ0n) is 12.0. The molecule has 1 N–H and O–H groups in total. The topological polar surface area (TPSA) is 49.4 Å². The second-order valence-electron chi connectivity index (χ2n) is 4.94. The number of hydrogen-bond donors (Lipinski definition) is 1. The number of nitrogens with one attached hydrogen (secondary N) is 1. The first kappa shape index (κ1) is 15.8. The third kappa shape index (κ3) is 3.55. The van der Waals surface area contributed by atoms with Crippen molar-refractivity contribution < 1.29 is 8.42 Å². The molecule has 1 aliphatic heterocycles. The van der Waals surface area contributed by atoms with Crippen LogP contribution in [0.4, 0.5) is 0 Å². The number of thioether (sulfide) groups is 1. The van der Waals surface area contributed by atoms with E-state index in [0.717, 1.165) is 24.3 Å². The normalized spacial score (nSPS) is 21.0. The zero-order chi connectivity index (χ0) is 14.6. The van der Waals surface area contributed by atoms with Crippen molar-refractivity contribution in [1.29, 1.82) is 0 Å². The highest BCUT2D eigenvalue weighted by molar-refractivity contribution is 8.00. The molecule has 0 aliphatic carbocycles. The van der Waals surface area contributed by atoms with Crippen LogP contribution < -0.4 is 5.32 Å². The minimum absolute atomic E-state index is 0.402. The Morgan fingerprint density at radius 2 is 2.05 bits per heavy atom. The van der Waals surface area contributed by atoms with Gasteiger partial charge in [0.1, 0.15) is 0 Å². The molecule has 0 aromatic heterocycles. The molecule has 0 radical (unpaired) electrons. The Balaban J connectivity index is 2.16. The largest absolute Gasteiger partial charge is 0.316 e. The molecule has 0 saturated carbocycles. The van der Waals surface area contributed by atoms with Crippen LogP contribution >= 0.6 is 11.8 Å². The Kier molecular flexibility index (Phi) is 5.49. The molecule has 112 valence electrons. The summed E-state index contributed by atoms with van der Waals surface area (Å²) in [6, 6.07) is 7.17. The molecule has 2 rings (SSSR count). The van der Waals surface area contributed by atoms with E-state index >= 15 is 0 Å². The highest BCUT2D eigenvalue weighted by atomic mass is 32.2. The van der Waals surface area contributed by atoms with E-state index in [4.69, 9.17) is 0 Å². The van der Waals surface area contributed by atoms with Crippen LogP contribution in [0.3, 0.4) is 0 Å². The molecular weight excluding hydrogens is 292 g/mol. The van der Waals surface area contributed by atoms with Gasteiger partial charge in [-0.3, -0.25) is 0 Å². The number of nitrogens with zero attached hydrogens (tertiary/aromatic N) is 1. The van der Waals surface area contributed by atoms with Crippen molar-refractivity contribution in [3.63, 3.8) is 0 Å². The smallest absolute Gasteiger partial charge is 0.243 e. The second-order valence-corrected chi connectivity index (χ2v) is 8.28. The van der Waals surface area contributed by atoms with Gasteiger partial charge in [0, 0.05) is 30.6 Å². The summed E-state index contributed by atoms with van der Waals surface area (Å²) in [5.74, 6) is 0.884. The van der Waals surface area contributed by atoms with E-state index in [1.165, 1.54) is 0 Å².